The van der Waals surface area contributed by atoms with Crippen LogP contribution in [0, 0.1) is 0 Å². The van der Waals surface area contributed by atoms with Gasteiger partial charge in [0, 0.05) is 0 Å². The van der Waals surface area contributed by atoms with Crippen LogP contribution in [0.5, 0.6) is 0 Å². The van der Waals surface area contributed by atoms with Gasteiger partial charge in [-0.3, -0.25) is 4.90 Å². The first kappa shape index (κ1) is 16.2. The number of aliphatic hydroxyl groups is 1. The second-order valence-electron chi connectivity index (χ2n) is 6.10. The lowest BCUT2D eigenvalue weighted by atomic mass is 9.95. The maximum Gasteiger partial charge on any atom is 0.154 e. The summed E-state index contributed by atoms with van der Waals surface area (Å²) in [6.45, 7) is 0. The summed E-state index contributed by atoms with van der Waals surface area (Å²) in [6, 6.07) is 19.4. The van der Waals surface area contributed by atoms with Gasteiger partial charge in [-0.15, -0.1) is 0 Å². The second kappa shape index (κ2) is 6.43. The van der Waals surface area contributed by atoms with E-state index in [9.17, 15) is 13.5 Å². The van der Waals surface area contributed by atoms with Crippen molar-refractivity contribution in [2.24, 2.45) is 0 Å². The molecule has 1 aliphatic rings. The van der Waals surface area contributed by atoms with Crippen LogP contribution in [0.3, 0.4) is 0 Å². The SMILES string of the molecule is CN(C(c1ccccc1)c1ccccc1)[C@@H]1CS(=O)(=O)C[C@H]1O. The smallest absolute Gasteiger partial charge is 0.154 e. The van der Waals surface area contributed by atoms with E-state index >= 15 is 0 Å². The summed E-state index contributed by atoms with van der Waals surface area (Å²) >= 11 is 0. The zero-order valence-corrected chi connectivity index (χ0v) is 13.9. The van der Waals surface area contributed by atoms with Crippen LogP contribution < -0.4 is 0 Å². The minimum Gasteiger partial charge on any atom is -0.390 e. The summed E-state index contributed by atoms with van der Waals surface area (Å²) < 4.78 is 23.7. The zero-order valence-electron chi connectivity index (χ0n) is 13.0. The van der Waals surface area contributed by atoms with Crippen LogP contribution in [-0.2, 0) is 9.84 Å². The molecule has 1 aliphatic heterocycles. The van der Waals surface area contributed by atoms with Gasteiger partial charge in [-0.25, -0.2) is 8.42 Å². The molecule has 2 aromatic carbocycles. The monoisotopic (exact) mass is 331 g/mol. The quantitative estimate of drug-likeness (QED) is 0.929. The van der Waals surface area contributed by atoms with E-state index in [0.717, 1.165) is 11.1 Å². The van der Waals surface area contributed by atoms with Gasteiger partial charge in [-0.1, -0.05) is 60.7 Å². The summed E-state index contributed by atoms with van der Waals surface area (Å²) in [5.74, 6) is -0.154. The Hall–Kier alpha value is -1.69. The van der Waals surface area contributed by atoms with Gasteiger partial charge in [0.1, 0.15) is 0 Å². The Labute approximate surface area is 137 Å². The highest BCUT2D eigenvalue weighted by molar-refractivity contribution is 7.91. The molecule has 0 amide bonds. The number of likely N-dealkylation sites (N-methyl/N-ethyl adjacent to an activating group) is 1. The Morgan fingerprint density at radius 3 is 1.83 bits per heavy atom. The minimum atomic E-state index is -3.18. The van der Waals surface area contributed by atoms with Crippen LogP contribution >= 0.6 is 0 Å². The lowest BCUT2D eigenvalue weighted by molar-refractivity contribution is 0.0830. The maximum absolute atomic E-state index is 11.9. The largest absolute Gasteiger partial charge is 0.390 e. The molecule has 0 bridgehead atoms. The molecule has 3 rings (SSSR count). The van der Waals surface area contributed by atoms with Gasteiger partial charge in [-0.2, -0.15) is 0 Å². The summed E-state index contributed by atoms with van der Waals surface area (Å²) in [5.41, 5.74) is 2.16. The van der Waals surface area contributed by atoms with E-state index in [-0.39, 0.29) is 17.5 Å². The number of nitrogens with zero attached hydrogens (tertiary/aromatic N) is 1. The molecule has 1 N–H and O–H groups in total. The first-order chi connectivity index (χ1) is 11.0. The van der Waals surface area contributed by atoms with Gasteiger partial charge in [0.05, 0.1) is 29.7 Å². The maximum atomic E-state index is 11.9. The second-order valence-corrected chi connectivity index (χ2v) is 8.25. The third-order valence-electron chi connectivity index (χ3n) is 4.45. The molecule has 1 heterocycles. The Balaban J connectivity index is 1.99. The van der Waals surface area contributed by atoms with Gasteiger partial charge in [-0.05, 0) is 18.2 Å². The summed E-state index contributed by atoms with van der Waals surface area (Å²) in [6.07, 6.45) is -0.847. The Kier molecular flexibility index (Phi) is 4.53. The molecule has 122 valence electrons. The Morgan fingerprint density at radius 2 is 1.43 bits per heavy atom. The van der Waals surface area contributed by atoms with Crippen molar-refractivity contribution in [1.82, 2.24) is 4.90 Å². The molecule has 0 aromatic heterocycles. The van der Waals surface area contributed by atoms with Crippen molar-refractivity contribution in [3.8, 4) is 0 Å². The normalized spacial score (nSPS) is 23.5. The molecule has 1 fully saturated rings. The van der Waals surface area contributed by atoms with Crippen LogP contribution in [0.4, 0.5) is 0 Å². The van der Waals surface area contributed by atoms with Crippen LogP contribution in [-0.4, -0.2) is 49.1 Å². The van der Waals surface area contributed by atoms with E-state index in [1.165, 1.54) is 0 Å². The number of hydrogen-bond donors (Lipinski definition) is 1. The predicted octanol–water partition coefficient (Wildman–Crippen LogP) is 1.87. The number of sulfone groups is 1. The molecular formula is C18H21NO3S. The number of hydrogen-bond acceptors (Lipinski definition) is 4. The van der Waals surface area contributed by atoms with Gasteiger partial charge >= 0.3 is 0 Å². The van der Waals surface area contributed by atoms with Crippen molar-refractivity contribution in [2.45, 2.75) is 18.2 Å². The Bertz CT molecular complexity index is 707. The Morgan fingerprint density at radius 1 is 0.957 bits per heavy atom. The molecule has 2 atom stereocenters. The third kappa shape index (κ3) is 3.47. The molecule has 4 nitrogen and oxygen atoms in total. The minimum absolute atomic E-state index is 0.000827. The fourth-order valence-electron chi connectivity index (χ4n) is 3.32. The molecular weight excluding hydrogens is 310 g/mol. The van der Waals surface area contributed by atoms with Crippen molar-refractivity contribution >= 4 is 9.84 Å². The third-order valence-corrected chi connectivity index (χ3v) is 6.15. The predicted molar refractivity (Wildman–Crippen MR) is 90.9 cm³/mol. The van der Waals surface area contributed by atoms with Gasteiger partial charge < -0.3 is 5.11 Å². The summed E-state index contributed by atoms with van der Waals surface area (Å²) in [7, 11) is -1.29. The zero-order chi connectivity index (χ0) is 16.4. The molecule has 1 saturated heterocycles. The van der Waals surface area contributed by atoms with Crippen LogP contribution in [0.1, 0.15) is 17.2 Å². The molecule has 23 heavy (non-hydrogen) atoms. The summed E-state index contributed by atoms with van der Waals surface area (Å²) in [5, 5.41) is 10.2. The topological polar surface area (TPSA) is 57.6 Å². The van der Waals surface area contributed by atoms with Crippen LogP contribution in [0.15, 0.2) is 60.7 Å². The van der Waals surface area contributed by atoms with E-state index in [1.54, 1.807) is 0 Å². The molecule has 0 radical (unpaired) electrons. The van der Waals surface area contributed by atoms with Crippen LogP contribution in [0.2, 0.25) is 0 Å². The van der Waals surface area contributed by atoms with E-state index in [0.29, 0.717) is 0 Å². The highest BCUT2D eigenvalue weighted by Crippen LogP contribution is 2.32. The van der Waals surface area contributed by atoms with Crippen molar-refractivity contribution in [1.29, 1.82) is 0 Å². The van der Waals surface area contributed by atoms with Crippen molar-refractivity contribution in [3.05, 3.63) is 71.8 Å². The van der Waals surface area contributed by atoms with Gasteiger partial charge in [0.25, 0.3) is 0 Å². The lowest BCUT2D eigenvalue weighted by Crippen LogP contribution is -2.43. The molecule has 5 heteroatoms. The highest BCUT2D eigenvalue weighted by Gasteiger charge is 2.41. The fourth-order valence-corrected chi connectivity index (χ4v) is 5.18. The van der Waals surface area contributed by atoms with Gasteiger partial charge in [0.15, 0.2) is 9.84 Å². The first-order valence-corrected chi connectivity index (χ1v) is 9.50. The average Bonchev–Trinajstić information content (AvgIpc) is 2.82. The van der Waals surface area contributed by atoms with Crippen molar-refractivity contribution in [3.63, 3.8) is 0 Å². The van der Waals surface area contributed by atoms with Crippen molar-refractivity contribution in [2.75, 3.05) is 18.6 Å². The number of rotatable bonds is 4. The van der Waals surface area contributed by atoms with E-state index < -0.39 is 22.0 Å². The summed E-state index contributed by atoms with van der Waals surface area (Å²) in [4.78, 5) is 1.99. The molecule has 0 spiro atoms. The first-order valence-electron chi connectivity index (χ1n) is 7.68. The lowest BCUT2D eigenvalue weighted by Gasteiger charge is -2.34. The highest BCUT2D eigenvalue weighted by atomic mass is 32.2. The van der Waals surface area contributed by atoms with Crippen molar-refractivity contribution < 1.29 is 13.5 Å². The molecule has 0 unspecified atom stereocenters. The number of benzene rings is 2. The van der Waals surface area contributed by atoms with Crippen LogP contribution in [0.25, 0.3) is 0 Å². The van der Waals surface area contributed by atoms with E-state index in [2.05, 4.69) is 0 Å². The van der Waals surface area contributed by atoms with Gasteiger partial charge in [0.2, 0.25) is 0 Å². The molecule has 2 aromatic rings. The fraction of sp³-hybridized carbons (Fsp3) is 0.333. The van der Waals surface area contributed by atoms with E-state index in [1.807, 2.05) is 72.6 Å². The molecule has 0 aliphatic carbocycles. The number of aliphatic hydroxyl groups excluding tert-OH is 1. The molecule has 0 saturated carbocycles. The standard InChI is InChI=1S/C18H21NO3S/c1-19(16-12-23(21,22)13-17(16)20)18(14-8-4-2-5-9-14)15-10-6-3-7-11-15/h2-11,16-18,20H,12-13H2,1H3/t16-,17-/m1/s1. The van der Waals surface area contributed by atoms with E-state index in [4.69, 9.17) is 0 Å². The average molecular weight is 331 g/mol.